The molecule has 28 heavy (non-hydrogen) atoms. The highest BCUT2D eigenvalue weighted by molar-refractivity contribution is 6.30. The first-order valence-corrected chi connectivity index (χ1v) is 8.75. The molecule has 2 aromatic carbocycles. The zero-order valence-corrected chi connectivity index (χ0v) is 15.0. The largest absolute Gasteiger partial charge is 0.416 e. The zero-order valence-electron chi connectivity index (χ0n) is 14.3. The van der Waals surface area contributed by atoms with Crippen molar-refractivity contribution in [1.82, 2.24) is 15.0 Å². The summed E-state index contributed by atoms with van der Waals surface area (Å²) in [5.41, 5.74) is 0.140. The maximum Gasteiger partial charge on any atom is 0.416 e. The van der Waals surface area contributed by atoms with Crippen molar-refractivity contribution < 1.29 is 22.5 Å². The van der Waals surface area contributed by atoms with E-state index in [0.717, 1.165) is 17.7 Å². The molecular weight excluding hydrogens is 395 g/mol. The van der Waals surface area contributed by atoms with E-state index >= 15 is 0 Å². The minimum absolute atomic E-state index is 0.112. The van der Waals surface area contributed by atoms with Gasteiger partial charge in [0.25, 0.3) is 5.91 Å². The van der Waals surface area contributed by atoms with E-state index in [0.29, 0.717) is 29.8 Å². The maximum atomic E-state index is 12.6. The molecule has 4 rings (SSSR count). The number of likely N-dealkylation sites (tertiary alicyclic amines) is 1. The SMILES string of the molecule is O=C(c1ccc(C(F)(F)F)cc1)N1CC(c2nc(-c3cccc(Cl)c3)no2)C1. The summed E-state index contributed by atoms with van der Waals surface area (Å²) < 4.78 is 43.1. The van der Waals surface area contributed by atoms with Crippen LogP contribution < -0.4 is 0 Å². The molecule has 1 aliphatic heterocycles. The van der Waals surface area contributed by atoms with Crippen molar-refractivity contribution in [3.8, 4) is 11.4 Å². The third kappa shape index (κ3) is 3.60. The molecule has 9 heteroatoms. The molecule has 1 aliphatic rings. The lowest BCUT2D eigenvalue weighted by atomic mass is 9.98. The van der Waals surface area contributed by atoms with Crippen LogP contribution in [-0.4, -0.2) is 34.0 Å². The first-order chi connectivity index (χ1) is 13.3. The van der Waals surface area contributed by atoms with Crippen LogP contribution in [0.1, 0.15) is 27.7 Å². The van der Waals surface area contributed by atoms with Gasteiger partial charge >= 0.3 is 6.18 Å². The van der Waals surface area contributed by atoms with E-state index in [2.05, 4.69) is 10.1 Å². The Morgan fingerprint density at radius 3 is 2.50 bits per heavy atom. The predicted molar refractivity (Wildman–Crippen MR) is 94.8 cm³/mol. The van der Waals surface area contributed by atoms with Gasteiger partial charge in [-0.3, -0.25) is 4.79 Å². The van der Waals surface area contributed by atoms with Gasteiger partial charge in [0.1, 0.15) is 0 Å². The predicted octanol–water partition coefficient (Wildman–Crippen LogP) is 4.65. The van der Waals surface area contributed by atoms with Crippen LogP contribution in [0.25, 0.3) is 11.4 Å². The lowest BCUT2D eigenvalue weighted by Gasteiger charge is -2.37. The second-order valence-electron chi connectivity index (χ2n) is 6.45. The Morgan fingerprint density at radius 1 is 1.14 bits per heavy atom. The Labute approximate surface area is 162 Å². The highest BCUT2D eigenvalue weighted by Gasteiger charge is 2.36. The highest BCUT2D eigenvalue weighted by atomic mass is 35.5. The summed E-state index contributed by atoms with van der Waals surface area (Å²) in [6.07, 6.45) is -4.43. The maximum absolute atomic E-state index is 12.6. The van der Waals surface area contributed by atoms with Crippen LogP contribution >= 0.6 is 11.6 Å². The van der Waals surface area contributed by atoms with Gasteiger partial charge in [-0.25, -0.2) is 0 Å². The molecule has 0 spiro atoms. The molecule has 1 amide bonds. The number of nitrogens with zero attached hydrogens (tertiary/aromatic N) is 3. The number of halogens is 4. The van der Waals surface area contributed by atoms with Crippen LogP contribution in [0, 0.1) is 0 Å². The van der Waals surface area contributed by atoms with Gasteiger partial charge in [-0.15, -0.1) is 0 Å². The third-order valence-electron chi connectivity index (χ3n) is 4.50. The van der Waals surface area contributed by atoms with Crippen LogP contribution in [0.4, 0.5) is 13.2 Å². The van der Waals surface area contributed by atoms with Gasteiger partial charge in [-0.1, -0.05) is 28.9 Å². The lowest BCUT2D eigenvalue weighted by Crippen LogP contribution is -2.48. The first kappa shape index (κ1) is 18.5. The Morgan fingerprint density at radius 2 is 1.86 bits per heavy atom. The van der Waals surface area contributed by atoms with Gasteiger partial charge in [0.2, 0.25) is 11.7 Å². The van der Waals surface area contributed by atoms with Crippen LogP contribution in [0.15, 0.2) is 53.1 Å². The number of hydrogen-bond donors (Lipinski definition) is 0. The average Bonchev–Trinajstić information content (AvgIpc) is 3.09. The smallest absolute Gasteiger partial charge is 0.339 e. The molecule has 0 radical (unpaired) electrons. The van der Waals surface area contributed by atoms with Gasteiger partial charge in [0.05, 0.1) is 11.5 Å². The summed E-state index contributed by atoms with van der Waals surface area (Å²) in [7, 11) is 0. The van der Waals surface area contributed by atoms with Crippen LogP contribution in [0.3, 0.4) is 0 Å². The summed E-state index contributed by atoms with van der Waals surface area (Å²) >= 11 is 5.96. The van der Waals surface area contributed by atoms with Crippen LogP contribution in [-0.2, 0) is 6.18 Å². The average molecular weight is 408 g/mol. The standard InChI is InChI=1S/C19H13ClF3N3O2/c20-15-3-1-2-12(8-15)16-24-17(28-25-16)13-9-26(10-13)18(27)11-4-6-14(7-5-11)19(21,22)23/h1-8,13H,9-10H2. The summed E-state index contributed by atoms with van der Waals surface area (Å²) in [6.45, 7) is 0.716. The molecule has 1 fully saturated rings. The number of rotatable bonds is 3. The van der Waals surface area contributed by atoms with Gasteiger partial charge in [0, 0.05) is 29.2 Å². The Bertz CT molecular complexity index is 1010. The molecular formula is C19H13ClF3N3O2. The summed E-state index contributed by atoms with van der Waals surface area (Å²) in [5.74, 6) is 0.370. The fraction of sp³-hybridized carbons (Fsp3) is 0.211. The van der Waals surface area contributed by atoms with Crippen LogP contribution in [0.5, 0.6) is 0 Å². The van der Waals surface area contributed by atoms with Crippen molar-refractivity contribution >= 4 is 17.5 Å². The molecule has 5 nitrogen and oxygen atoms in total. The highest BCUT2D eigenvalue weighted by Crippen LogP contribution is 2.31. The van der Waals surface area contributed by atoms with Crippen molar-refractivity contribution in [3.05, 3.63) is 70.6 Å². The molecule has 144 valence electrons. The van der Waals surface area contributed by atoms with Crippen molar-refractivity contribution in [3.63, 3.8) is 0 Å². The van der Waals surface area contributed by atoms with E-state index in [1.807, 2.05) is 6.07 Å². The number of hydrogen-bond acceptors (Lipinski definition) is 4. The Balaban J connectivity index is 1.40. The molecule has 2 heterocycles. The Hall–Kier alpha value is -2.87. The van der Waals surface area contributed by atoms with Crippen molar-refractivity contribution in [2.24, 2.45) is 0 Å². The molecule has 1 aromatic heterocycles. The number of carbonyl (C=O) groups excluding carboxylic acids is 1. The van der Waals surface area contributed by atoms with Crippen molar-refractivity contribution in [1.29, 1.82) is 0 Å². The first-order valence-electron chi connectivity index (χ1n) is 8.37. The minimum atomic E-state index is -4.43. The van der Waals surface area contributed by atoms with E-state index in [1.54, 1.807) is 18.2 Å². The molecule has 1 saturated heterocycles. The fourth-order valence-electron chi connectivity index (χ4n) is 2.93. The number of carbonyl (C=O) groups is 1. The number of aromatic nitrogens is 2. The molecule has 3 aromatic rings. The second-order valence-corrected chi connectivity index (χ2v) is 6.89. The number of alkyl halides is 3. The zero-order chi connectivity index (χ0) is 19.9. The van der Waals surface area contributed by atoms with Gasteiger partial charge in [-0.05, 0) is 36.4 Å². The van der Waals surface area contributed by atoms with Crippen molar-refractivity contribution in [2.75, 3.05) is 13.1 Å². The van der Waals surface area contributed by atoms with E-state index in [-0.39, 0.29) is 17.4 Å². The minimum Gasteiger partial charge on any atom is -0.339 e. The number of benzene rings is 2. The van der Waals surface area contributed by atoms with Gasteiger partial charge in [-0.2, -0.15) is 18.2 Å². The van der Waals surface area contributed by atoms with Gasteiger partial charge < -0.3 is 9.42 Å². The molecule has 0 aliphatic carbocycles. The third-order valence-corrected chi connectivity index (χ3v) is 4.74. The molecule has 0 atom stereocenters. The fourth-order valence-corrected chi connectivity index (χ4v) is 3.12. The summed E-state index contributed by atoms with van der Waals surface area (Å²) in [6, 6.07) is 11.2. The van der Waals surface area contributed by atoms with Crippen molar-refractivity contribution in [2.45, 2.75) is 12.1 Å². The normalized spacial score (nSPS) is 14.8. The van der Waals surface area contributed by atoms with E-state index in [4.69, 9.17) is 16.1 Å². The second kappa shape index (κ2) is 6.94. The number of amides is 1. The van der Waals surface area contributed by atoms with E-state index in [1.165, 1.54) is 17.0 Å². The van der Waals surface area contributed by atoms with E-state index < -0.39 is 11.7 Å². The quantitative estimate of drug-likeness (QED) is 0.634. The summed E-state index contributed by atoms with van der Waals surface area (Å²) in [4.78, 5) is 18.3. The molecule has 0 N–H and O–H groups in total. The van der Waals surface area contributed by atoms with Crippen LogP contribution in [0.2, 0.25) is 5.02 Å². The monoisotopic (exact) mass is 407 g/mol. The Kier molecular flexibility index (Phi) is 4.58. The van der Waals surface area contributed by atoms with Gasteiger partial charge in [0.15, 0.2) is 0 Å². The molecule has 0 saturated carbocycles. The summed E-state index contributed by atoms with van der Waals surface area (Å²) in [5, 5.41) is 4.49. The molecule has 0 bridgehead atoms. The topological polar surface area (TPSA) is 59.2 Å². The molecule has 0 unspecified atom stereocenters. The lowest BCUT2D eigenvalue weighted by molar-refractivity contribution is -0.137. The van der Waals surface area contributed by atoms with E-state index in [9.17, 15) is 18.0 Å².